The van der Waals surface area contributed by atoms with Gasteiger partial charge in [-0.3, -0.25) is 10.1 Å². The minimum Gasteiger partial charge on any atom is -0.459 e. The molecule has 2 amide bonds. The molecule has 15 heteroatoms. The second kappa shape index (κ2) is 28.3. The van der Waals surface area contributed by atoms with Crippen LogP contribution in [0.15, 0.2) is 84.6 Å². The van der Waals surface area contributed by atoms with Crippen molar-refractivity contribution in [1.82, 2.24) is 10.2 Å². The maximum Gasteiger partial charge on any atom is 0.412 e. The summed E-state index contributed by atoms with van der Waals surface area (Å²) in [5, 5.41) is 38.9. The van der Waals surface area contributed by atoms with Gasteiger partial charge in [0.05, 0.1) is 29.8 Å². The average molecular weight is 945 g/mol. The van der Waals surface area contributed by atoms with E-state index in [1.165, 1.54) is 62.0 Å². The molecular weight excluding hydrogens is 869 g/mol. The molecule has 0 radical (unpaired) electrons. The highest BCUT2D eigenvalue weighted by molar-refractivity contribution is 6.03. The number of nitro benzene ring substituents is 1. The number of oxime groups is 1. The first-order valence-corrected chi connectivity index (χ1v) is 25.0. The van der Waals surface area contributed by atoms with Gasteiger partial charge in [0.15, 0.2) is 0 Å². The lowest BCUT2D eigenvalue weighted by molar-refractivity contribution is -0.384. The van der Waals surface area contributed by atoms with E-state index in [0.29, 0.717) is 48.6 Å². The molecule has 0 spiro atoms. The van der Waals surface area contributed by atoms with Gasteiger partial charge in [0.25, 0.3) is 5.69 Å². The number of rotatable bonds is 31. The number of carbonyl (C=O) groups is 2. The maximum absolute atomic E-state index is 14.0. The highest BCUT2D eigenvalue weighted by Gasteiger charge is 2.65. The van der Waals surface area contributed by atoms with E-state index in [0.717, 1.165) is 56.1 Å². The second-order valence-electron chi connectivity index (χ2n) is 18.3. The normalized spacial score (nSPS) is 21.9. The van der Waals surface area contributed by atoms with Crippen LogP contribution in [0.1, 0.15) is 140 Å². The molecule has 0 bridgehead atoms. The van der Waals surface area contributed by atoms with E-state index in [2.05, 4.69) is 31.5 Å². The Morgan fingerprint density at radius 1 is 0.941 bits per heavy atom. The van der Waals surface area contributed by atoms with Gasteiger partial charge in [-0.1, -0.05) is 101 Å². The minimum absolute atomic E-state index is 0.0218. The average Bonchev–Trinajstić information content (AvgIpc) is 3.33. The molecule has 15 nitrogen and oxygen atoms in total. The van der Waals surface area contributed by atoms with Gasteiger partial charge in [-0.15, -0.1) is 13.2 Å². The molecule has 1 saturated carbocycles. The summed E-state index contributed by atoms with van der Waals surface area (Å²) in [7, 11) is 1.66. The molecule has 68 heavy (non-hydrogen) atoms. The highest BCUT2D eigenvalue weighted by atomic mass is 16.7. The van der Waals surface area contributed by atoms with Gasteiger partial charge in [0.2, 0.25) is 5.79 Å². The number of nitrogens with zero attached hydrogens (tertiary/aromatic N) is 3. The van der Waals surface area contributed by atoms with Gasteiger partial charge in [-0.25, -0.2) is 9.59 Å². The molecule has 1 aliphatic heterocycles. The van der Waals surface area contributed by atoms with Gasteiger partial charge in [0, 0.05) is 56.8 Å². The number of hydrogen-bond donors (Lipinski definition) is 3. The zero-order chi connectivity index (χ0) is 48.7. The lowest BCUT2D eigenvalue weighted by Gasteiger charge is -2.59. The van der Waals surface area contributed by atoms with Crippen molar-refractivity contribution < 1.29 is 48.5 Å². The molecule has 374 valence electrons. The summed E-state index contributed by atoms with van der Waals surface area (Å²) >= 11 is 0. The summed E-state index contributed by atoms with van der Waals surface area (Å²) in [5.41, 5.74) is 2.84. The first kappa shape index (κ1) is 53.7. The van der Waals surface area contributed by atoms with Crippen molar-refractivity contribution >= 4 is 23.6 Å². The number of fused-ring (bicyclic) bond motifs is 2. The summed E-state index contributed by atoms with van der Waals surface area (Å²) in [6.45, 7) is 10.8. The Hall–Kier alpha value is -5.25. The number of nitro groups is 1. The van der Waals surface area contributed by atoms with Gasteiger partial charge >= 0.3 is 12.2 Å². The predicted octanol–water partition coefficient (Wildman–Crippen LogP) is 11.1. The standard InChI is InChI=1S/C53H76N4O11/c1-5-8-10-11-12-13-14-15-16-19-30-54-51(60)67-42-28-29-47-45(36-42)49-43(23-18-21-32-59)40(22-17-20-31-58)35-44-46(55-66-38-39-24-26-41(27-25-39)57(62)63)37-48(56(4)52(61)64-34-9-6-2)53(68-47,50(44)49)65-33-7-3/h6-7,24-29,35-36,40,43,48-50,58-59H,2-3,5,8-23,30-34,37-38H2,1,4H3,(H,54,60). The number of unbranched alkanes of at least 4 members (excludes halogenated alkanes) is 11. The third-order valence-corrected chi connectivity index (χ3v) is 13.5. The number of likely N-dealkylation sites (N-methyl/N-ethyl adjacent to an activating group) is 1. The number of aliphatic hydroxyl groups excluding tert-OH is 2. The smallest absolute Gasteiger partial charge is 0.412 e. The van der Waals surface area contributed by atoms with Crippen molar-refractivity contribution in [2.24, 2.45) is 22.9 Å². The van der Waals surface area contributed by atoms with E-state index in [4.69, 9.17) is 28.9 Å². The zero-order valence-electron chi connectivity index (χ0n) is 40.5. The number of aliphatic hydroxyl groups is 2. The number of non-ortho nitro benzene ring substituents is 1. The van der Waals surface area contributed by atoms with Crippen LogP contribution in [0.25, 0.3) is 0 Å². The Kier molecular flexibility index (Phi) is 22.3. The Morgan fingerprint density at radius 2 is 1.63 bits per heavy atom. The first-order chi connectivity index (χ1) is 33.1. The Morgan fingerprint density at radius 3 is 2.29 bits per heavy atom. The van der Waals surface area contributed by atoms with Gasteiger partial charge in [0.1, 0.15) is 24.1 Å². The number of carbonyl (C=O) groups excluding carboxylic acids is 2. The number of amides is 2. The van der Waals surface area contributed by atoms with Crippen molar-refractivity contribution in [3.63, 3.8) is 0 Å². The van der Waals surface area contributed by atoms with Crippen LogP contribution in [0.5, 0.6) is 11.5 Å². The molecule has 1 fully saturated rings. The van der Waals surface area contributed by atoms with E-state index in [1.807, 2.05) is 6.07 Å². The molecule has 2 aliphatic carbocycles. The summed E-state index contributed by atoms with van der Waals surface area (Å²) in [6, 6.07) is 10.7. The highest BCUT2D eigenvalue weighted by Crippen LogP contribution is 2.62. The van der Waals surface area contributed by atoms with E-state index in [-0.39, 0.29) is 62.9 Å². The van der Waals surface area contributed by atoms with E-state index in [9.17, 15) is 29.9 Å². The molecule has 2 aromatic rings. The van der Waals surface area contributed by atoms with Crippen LogP contribution >= 0.6 is 0 Å². The van der Waals surface area contributed by atoms with Crippen molar-refractivity contribution in [2.45, 2.75) is 147 Å². The molecule has 5 rings (SSSR count). The molecule has 1 heterocycles. The zero-order valence-corrected chi connectivity index (χ0v) is 40.5. The summed E-state index contributed by atoms with van der Waals surface area (Å²) in [5.74, 6) is -1.63. The van der Waals surface area contributed by atoms with Gasteiger partial charge in [-0.2, -0.15) is 0 Å². The molecule has 0 aromatic heterocycles. The summed E-state index contributed by atoms with van der Waals surface area (Å²) < 4.78 is 25.8. The Balaban J connectivity index is 1.53. The molecule has 3 N–H and O–H groups in total. The Labute approximate surface area is 403 Å². The third-order valence-electron chi connectivity index (χ3n) is 13.5. The quantitative estimate of drug-likeness (QED) is 0.0282. The fourth-order valence-electron chi connectivity index (χ4n) is 10.1. The lowest BCUT2D eigenvalue weighted by atomic mass is 9.55. The molecule has 6 unspecified atom stereocenters. The van der Waals surface area contributed by atoms with Crippen molar-refractivity contribution in [1.29, 1.82) is 0 Å². The number of ether oxygens (including phenoxy) is 4. The monoisotopic (exact) mass is 945 g/mol. The van der Waals surface area contributed by atoms with Crippen LogP contribution < -0.4 is 14.8 Å². The maximum atomic E-state index is 14.0. The van der Waals surface area contributed by atoms with Crippen LogP contribution in [-0.4, -0.2) is 89.8 Å². The lowest BCUT2D eigenvalue weighted by Crippen LogP contribution is -2.69. The fourth-order valence-corrected chi connectivity index (χ4v) is 10.1. The molecular formula is C53H76N4O11. The number of benzene rings is 2. The van der Waals surface area contributed by atoms with E-state index >= 15 is 0 Å². The van der Waals surface area contributed by atoms with Crippen LogP contribution in [-0.2, 0) is 20.9 Å². The van der Waals surface area contributed by atoms with E-state index < -0.39 is 34.9 Å². The molecule has 3 aliphatic rings. The molecule has 6 atom stereocenters. The van der Waals surface area contributed by atoms with Gasteiger partial charge in [-0.05, 0) is 91.8 Å². The number of nitrogens with one attached hydrogen (secondary N) is 1. The van der Waals surface area contributed by atoms with Crippen LogP contribution in [0.2, 0.25) is 0 Å². The number of hydrogen-bond acceptors (Lipinski definition) is 12. The van der Waals surface area contributed by atoms with Gasteiger partial charge < -0.3 is 44.2 Å². The second-order valence-corrected chi connectivity index (χ2v) is 18.3. The SMILES string of the molecule is C=CCCOC(=O)N(C)C1CC(=NOCc2ccc([N+](=O)[O-])cc2)C2=CC(CCCCO)C(CCCCO)C3c4cc(OC(=O)NCCCCCCCCCCCC)ccc4OC1(OCC=C)C23. The molecule has 2 aromatic carbocycles. The summed E-state index contributed by atoms with van der Waals surface area (Å²) in [4.78, 5) is 45.7. The van der Waals surface area contributed by atoms with Crippen LogP contribution in [0.3, 0.4) is 0 Å². The summed E-state index contributed by atoms with van der Waals surface area (Å²) in [6.07, 6.45) is 21.2. The van der Waals surface area contributed by atoms with E-state index in [1.54, 1.807) is 43.5 Å². The topological polar surface area (TPSA) is 192 Å². The fraction of sp³-hybridized carbons (Fsp3) is 0.604. The van der Waals surface area contributed by atoms with Crippen molar-refractivity contribution in [3.8, 4) is 11.5 Å². The van der Waals surface area contributed by atoms with Crippen LogP contribution in [0, 0.1) is 27.9 Å². The first-order valence-electron chi connectivity index (χ1n) is 25.0. The van der Waals surface area contributed by atoms with Crippen LogP contribution in [0.4, 0.5) is 15.3 Å². The number of allylic oxidation sites excluding steroid dienone is 1. The van der Waals surface area contributed by atoms with Crippen molar-refractivity contribution in [3.05, 3.63) is 101 Å². The predicted molar refractivity (Wildman–Crippen MR) is 263 cm³/mol. The minimum atomic E-state index is -1.50. The third kappa shape index (κ3) is 14.6. The molecule has 0 saturated heterocycles. The Bertz CT molecular complexity index is 1990. The van der Waals surface area contributed by atoms with Crippen molar-refractivity contribution in [2.75, 3.05) is 40.0 Å². The largest absolute Gasteiger partial charge is 0.459 e.